The standard InChI is InChI=1S/C16H11BrINO2/c1-9-6-12(18)3-4-13(9)19-16(20)15-8-10-7-11(17)2-5-14(10)21-15/h2-8H,1H3,(H,19,20). The van der Waals surface area contributed by atoms with Gasteiger partial charge in [0, 0.05) is 19.1 Å². The fraction of sp³-hybridized carbons (Fsp3) is 0.0625. The van der Waals surface area contributed by atoms with Gasteiger partial charge in [-0.3, -0.25) is 4.79 Å². The molecule has 0 fully saturated rings. The van der Waals surface area contributed by atoms with Crippen LogP contribution < -0.4 is 5.32 Å². The summed E-state index contributed by atoms with van der Waals surface area (Å²) in [5.74, 6) is 0.0627. The Kier molecular flexibility index (Phi) is 4.03. The molecular formula is C16H11BrINO2. The number of halogens is 2. The van der Waals surface area contributed by atoms with E-state index in [1.807, 2.05) is 43.3 Å². The van der Waals surface area contributed by atoms with Gasteiger partial charge in [0.25, 0.3) is 5.91 Å². The summed E-state index contributed by atoms with van der Waals surface area (Å²) >= 11 is 5.65. The number of carbonyl (C=O) groups excluding carboxylic acids is 1. The van der Waals surface area contributed by atoms with E-state index in [0.29, 0.717) is 11.3 Å². The Morgan fingerprint density at radius 3 is 2.76 bits per heavy atom. The van der Waals surface area contributed by atoms with E-state index in [2.05, 4.69) is 43.8 Å². The molecule has 1 aromatic heterocycles. The molecule has 1 heterocycles. The number of hydrogen-bond acceptors (Lipinski definition) is 2. The number of anilines is 1. The second-order valence-corrected chi connectivity index (χ2v) is 6.87. The van der Waals surface area contributed by atoms with E-state index in [0.717, 1.165) is 24.7 Å². The van der Waals surface area contributed by atoms with Crippen molar-refractivity contribution in [1.29, 1.82) is 0 Å². The van der Waals surface area contributed by atoms with E-state index < -0.39 is 0 Å². The summed E-state index contributed by atoms with van der Waals surface area (Å²) in [7, 11) is 0. The van der Waals surface area contributed by atoms with Crippen LogP contribution in [0.3, 0.4) is 0 Å². The largest absolute Gasteiger partial charge is 0.451 e. The second-order valence-electron chi connectivity index (χ2n) is 4.71. The second kappa shape index (κ2) is 5.81. The Hall–Kier alpha value is -1.34. The molecule has 2 aromatic carbocycles. The molecule has 0 atom stereocenters. The van der Waals surface area contributed by atoms with E-state index in [9.17, 15) is 4.79 Å². The summed E-state index contributed by atoms with van der Waals surface area (Å²) < 4.78 is 7.68. The predicted molar refractivity (Wildman–Crippen MR) is 95.8 cm³/mol. The van der Waals surface area contributed by atoms with E-state index in [1.54, 1.807) is 6.07 Å². The van der Waals surface area contributed by atoms with Gasteiger partial charge in [0.1, 0.15) is 5.58 Å². The highest BCUT2D eigenvalue weighted by molar-refractivity contribution is 14.1. The van der Waals surface area contributed by atoms with Gasteiger partial charge in [0.2, 0.25) is 0 Å². The minimum absolute atomic E-state index is 0.244. The third-order valence-electron chi connectivity index (χ3n) is 3.14. The molecule has 0 aliphatic carbocycles. The number of furan rings is 1. The first-order valence-corrected chi connectivity index (χ1v) is 8.17. The highest BCUT2D eigenvalue weighted by Gasteiger charge is 2.13. The first-order chi connectivity index (χ1) is 10.0. The molecule has 0 aliphatic heterocycles. The van der Waals surface area contributed by atoms with Crippen molar-refractivity contribution in [3.05, 3.63) is 61.8 Å². The molecule has 3 rings (SSSR count). The first-order valence-electron chi connectivity index (χ1n) is 6.29. The molecule has 21 heavy (non-hydrogen) atoms. The molecule has 3 nitrogen and oxygen atoms in total. The molecular weight excluding hydrogens is 445 g/mol. The van der Waals surface area contributed by atoms with Crippen molar-refractivity contribution in [2.45, 2.75) is 6.92 Å². The molecule has 1 amide bonds. The van der Waals surface area contributed by atoms with Crippen LogP contribution in [0.4, 0.5) is 5.69 Å². The van der Waals surface area contributed by atoms with Gasteiger partial charge in [-0.2, -0.15) is 0 Å². The van der Waals surface area contributed by atoms with Gasteiger partial charge in [0.15, 0.2) is 5.76 Å². The molecule has 0 unspecified atom stereocenters. The van der Waals surface area contributed by atoms with Crippen molar-refractivity contribution >= 4 is 61.1 Å². The van der Waals surface area contributed by atoms with Crippen LogP contribution in [-0.2, 0) is 0 Å². The van der Waals surface area contributed by atoms with Gasteiger partial charge in [-0.25, -0.2) is 0 Å². The maximum atomic E-state index is 12.3. The number of rotatable bonds is 2. The minimum atomic E-state index is -0.244. The lowest BCUT2D eigenvalue weighted by Gasteiger charge is -2.07. The van der Waals surface area contributed by atoms with Crippen molar-refractivity contribution in [3.8, 4) is 0 Å². The van der Waals surface area contributed by atoms with Crippen LogP contribution >= 0.6 is 38.5 Å². The molecule has 5 heteroatoms. The Labute approximate surface area is 144 Å². The average molecular weight is 456 g/mol. The van der Waals surface area contributed by atoms with E-state index >= 15 is 0 Å². The van der Waals surface area contributed by atoms with Crippen LogP contribution in [0.2, 0.25) is 0 Å². The molecule has 0 saturated carbocycles. The normalized spacial score (nSPS) is 10.8. The maximum absolute atomic E-state index is 12.3. The van der Waals surface area contributed by atoms with Crippen LogP contribution in [-0.4, -0.2) is 5.91 Å². The molecule has 1 N–H and O–H groups in total. The van der Waals surface area contributed by atoms with Crippen molar-refractivity contribution in [2.24, 2.45) is 0 Å². The number of benzene rings is 2. The number of nitrogens with one attached hydrogen (secondary N) is 1. The van der Waals surface area contributed by atoms with Crippen LogP contribution in [0.15, 0.2) is 51.4 Å². The zero-order valence-electron chi connectivity index (χ0n) is 11.1. The van der Waals surface area contributed by atoms with Gasteiger partial charge in [-0.15, -0.1) is 0 Å². The molecule has 0 radical (unpaired) electrons. The van der Waals surface area contributed by atoms with E-state index in [-0.39, 0.29) is 5.91 Å². The van der Waals surface area contributed by atoms with Gasteiger partial charge >= 0.3 is 0 Å². The number of aryl methyl sites for hydroxylation is 1. The molecule has 0 bridgehead atoms. The number of carbonyl (C=O) groups is 1. The number of fused-ring (bicyclic) bond motifs is 1. The third kappa shape index (κ3) is 3.13. The Balaban J connectivity index is 1.89. The number of amides is 1. The Morgan fingerprint density at radius 1 is 1.19 bits per heavy atom. The molecule has 0 saturated heterocycles. The van der Waals surface area contributed by atoms with Gasteiger partial charge in [-0.05, 0) is 77.5 Å². The summed E-state index contributed by atoms with van der Waals surface area (Å²) in [5, 5.41) is 3.78. The van der Waals surface area contributed by atoms with Crippen molar-refractivity contribution in [3.63, 3.8) is 0 Å². The zero-order valence-corrected chi connectivity index (χ0v) is 14.9. The van der Waals surface area contributed by atoms with E-state index in [4.69, 9.17) is 4.42 Å². The van der Waals surface area contributed by atoms with Crippen LogP contribution in [0.5, 0.6) is 0 Å². The fourth-order valence-corrected chi connectivity index (χ4v) is 3.10. The third-order valence-corrected chi connectivity index (χ3v) is 4.30. The summed E-state index contributed by atoms with van der Waals surface area (Å²) in [6.45, 7) is 1.97. The quantitative estimate of drug-likeness (QED) is 0.528. The summed E-state index contributed by atoms with van der Waals surface area (Å²) in [4.78, 5) is 12.3. The Bertz CT molecular complexity index is 841. The van der Waals surface area contributed by atoms with Crippen molar-refractivity contribution < 1.29 is 9.21 Å². The van der Waals surface area contributed by atoms with Gasteiger partial charge < -0.3 is 9.73 Å². The lowest BCUT2D eigenvalue weighted by molar-refractivity contribution is 0.0998. The molecule has 106 valence electrons. The van der Waals surface area contributed by atoms with Crippen LogP contribution in [0, 0.1) is 10.5 Å². The van der Waals surface area contributed by atoms with Gasteiger partial charge in [0.05, 0.1) is 0 Å². The maximum Gasteiger partial charge on any atom is 0.291 e. The SMILES string of the molecule is Cc1cc(I)ccc1NC(=O)c1cc2cc(Br)ccc2o1. The molecule has 0 spiro atoms. The minimum Gasteiger partial charge on any atom is -0.451 e. The van der Waals surface area contributed by atoms with Crippen LogP contribution in [0.25, 0.3) is 11.0 Å². The predicted octanol–water partition coefficient (Wildman–Crippen LogP) is 5.36. The first kappa shape index (κ1) is 14.6. The Morgan fingerprint density at radius 2 is 2.00 bits per heavy atom. The monoisotopic (exact) mass is 455 g/mol. The van der Waals surface area contributed by atoms with E-state index in [1.165, 1.54) is 0 Å². The zero-order chi connectivity index (χ0) is 15.0. The lowest BCUT2D eigenvalue weighted by atomic mass is 10.2. The van der Waals surface area contributed by atoms with Crippen LogP contribution in [0.1, 0.15) is 16.1 Å². The summed E-state index contributed by atoms with van der Waals surface area (Å²) in [5.41, 5.74) is 2.51. The van der Waals surface area contributed by atoms with Crippen molar-refractivity contribution in [2.75, 3.05) is 5.32 Å². The highest BCUT2D eigenvalue weighted by atomic mass is 127. The summed E-state index contributed by atoms with van der Waals surface area (Å²) in [6.07, 6.45) is 0. The smallest absolute Gasteiger partial charge is 0.291 e. The highest BCUT2D eigenvalue weighted by Crippen LogP contribution is 2.24. The summed E-state index contributed by atoms with van der Waals surface area (Å²) in [6, 6.07) is 13.3. The lowest BCUT2D eigenvalue weighted by Crippen LogP contribution is -2.11. The topological polar surface area (TPSA) is 42.2 Å². The fourth-order valence-electron chi connectivity index (χ4n) is 2.08. The molecule has 0 aliphatic rings. The number of hydrogen-bond donors (Lipinski definition) is 1. The van der Waals surface area contributed by atoms with Gasteiger partial charge in [-0.1, -0.05) is 15.9 Å². The van der Waals surface area contributed by atoms with Crippen molar-refractivity contribution in [1.82, 2.24) is 0 Å². The molecule has 3 aromatic rings. The average Bonchev–Trinajstić information content (AvgIpc) is 2.85.